The Hall–Kier alpha value is -0.420. The predicted molar refractivity (Wildman–Crippen MR) is 82.0 cm³/mol. The first-order chi connectivity index (χ1) is 9.06. The van der Waals surface area contributed by atoms with E-state index in [4.69, 9.17) is 10.5 Å². The monoisotopic (exact) mass is 326 g/mol. The Morgan fingerprint density at radius 2 is 2.11 bits per heavy atom. The molecule has 1 aromatic carbocycles. The summed E-state index contributed by atoms with van der Waals surface area (Å²) in [6.07, 6.45) is 1.11. The highest BCUT2D eigenvalue weighted by atomic mass is 79.9. The van der Waals surface area contributed by atoms with Gasteiger partial charge in [-0.15, -0.1) is 0 Å². The zero-order chi connectivity index (χ0) is 13.9. The average molecular weight is 327 g/mol. The zero-order valence-electron chi connectivity index (χ0n) is 11.7. The topological polar surface area (TPSA) is 38.5 Å². The number of hydrogen-bond acceptors (Lipinski definition) is 3. The third-order valence-electron chi connectivity index (χ3n) is 4.43. The van der Waals surface area contributed by atoms with Crippen molar-refractivity contribution in [2.45, 2.75) is 25.4 Å². The smallest absolute Gasteiger partial charge is 0.0513 e. The molecule has 2 N–H and O–H groups in total. The molecule has 1 saturated heterocycles. The van der Waals surface area contributed by atoms with E-state index >= 15 is 0 Å². The van der Waals surface area contributed by atoms with Crippen LogP contribution in [0.2, 0.25) is 0 Å². The fourth-order valence-electron chi connectivity index (χ4n) is 2.70. The van der Waals surface area contributed by atoms with E-state index in [-0.39, 0.29) is 5.54 Å². The third kappa shape index (κ3) is 3.37. The summed E-state index contributed by atoms with van der Waals surface area (Å²) in [7, 11) is 2.16. The summed E-state index contributed by atoms with van der Waals surface area (Å²) in [6.45, 7) is 5.53. The van der Waals surface area contributed by atoms with Crippen LogP contribution in [0, 0.1) is 5.92 Å². The molecule has 4 heteroatoms. The van der Waals surface area contributed by atoms with Crippen molar-refractivity contribution in [1.82, 2.24) is 4.90 Å². The van der Waals surface area contributed by atoms with Crippen molar-refractivity contribution < 1.29 is 4.74 Å². The van der Waals surface area contributed by atoms with Crippen molar-refractivity contribution in [3.8, 4) is 0 Å². The van der Waals surface area contributed by atoms with E-state index in [1.807, 2.05) is 0 Å². The van der Waals surface area contributed by atoms with E-state index in [0.29, 0.717) is 12.5 Å². The summed E-state index contributed by atoms with van der Waals surface area (Å²) in [5.74, 6) is 0.526. The summed E-state index contributed by atoms with van der Waals surface area (Å²) in [4.78, 5) is 2.37. The second-order valence-corrected chi connectivity index (χ2v) is 6.52. The lowest BCUT2D eigenvalue weighted by Gasteiger charge is -2.42. The minimum atomic E-state index is 0.00355. The molecule has 0 aliphatic carbocycles. The summed E-state index contributed by atoms with van der Waals surface area (Å²) in [5, 5.41) is 0. The number of nitrogens with zero attached hydrogens (tertiary/aromatic N) is 1. The van der Waals surface area contributed by atoms with Gasteiger partial charge in [-0.25, -0.2) is 0 Å². The van der Waals surface area contributed by atoms with Gasteiger partial charge in [0.15, 0.2) is 0 Å². The van der Waals surface area contributed by atoms with Gasteiger partial charge in [-0.05, 0) is 38.1 Å². The minimum Gasteiger partial charge on any atom is -0.381 e. The standard InChI is InChI=1S/C15H23BrN2O/c1-15(11-17,13-7-8-19-10-13)18(2)9-12-3-5-14(16)6-4-12/h3-6,13H,7-11,17H2,1-2H3. The lowest BCUT2D eigenvalue weighted by Crippen LogP contribution is -2.54. The first kappa shape index (κ1) is 15.0. The number of likely N-dealkylation sites (N-methyl/N-ethyl adjacent to an activating group) is 1. The number of benzene rings is 1. The Morgan fingerprint density at radius 1 is 1.42 bits per heavy atom. The van der Waals surface area contributed by atoms with E-state index < -0.39 is 0 Å². The maximum atomic E-state index is 6.06. The van der Waals surface area contributed by atoms with Crippen LogP contribution in [-0.4, -0.2) is 37.2 Å². The molecule has 0 aromatic heterocycles. The lowest BCUT2D eigenvalue weighted by atomic mass is 9.83. The number of ether oxygens (including phenoxy) is 1. The van der Waals surface area contributed by atoms with Gasteiger partial charge >= 0.3 is 0 Å². The largest absolute Gasteiger partial charge is 0.381 e. The van der Waals surface area contributed by atoms with Crippen molar-refractivity contribution >= 4 is 15.9 Å². The first-order valence-corrected chi connectivity index (χ1v) is 7.59. The molecule has 2 atom stereocenters. The van der Waals surface area contributed by atoms with Gasteiger partial charge in [0.2, 0.25) is 0 Å². The van der Waals surface area contributed by atoms with Crippen LogP contribution < -0.4 is 5.73 Å². The van der Waals surface area contributed by atoms with Crippen LogP contribution in [0.1, 0.15) is 18.9 Å². The maximum absolute atomic E-state index is 6.06. The Bertz CT molecular complexity index is 403. The van der Waals surface area contributed by atoms with Gasteiger partial charge in [0.25, 0.3) is 0 Å². The third-order valence-corrected chi connectivity index (χ3v) is 4.96. The van der Waals surface area contributed by atoms with Crippen molar-refractivity contribution in [1.29, 1.82) is 0 Å². The SMILES string of the molecule is CN(Cc1ccc(Br)cc1)C(C)(CN)C1CCOC1. The number of hydrogen-bond donors (Lipinski definition) is 1. The second kappa shape index (κ2) is 6.35. The van der Waals surface area contributed by atoms with E-state index in [1.54, 1.807) is 0 Å². The highest BCUT2D eigenvalue weighted by Gasteiger charge is 2.38. The van der Waals surface area contributed by atoms with Crippen LogP contribution in [-0.2, 0) is 11.3 Å². The highest BCUT2D eigenvalue weighted by molar-refractivity contribution is 9.10. The molecule has 0 spiro atoms. The average Bonchev–Trinajstić information content (AvgIpc) is 2.95. The molecule has 1 aliphatic rings. The van der Waals surface area contributed by atoms with Gasteiger partial charge in [0.1, 0.15) is 0 Å². The van der Waals surface area contributed by atoms with E-state index in [1.165, 1.54) is 5.56 Å². The second-order valence-electron chi connectivity index (χ2n) is 5.60. The first-order valence-electron chi connectivity index (χ1n) is 6.80. The van der Waals surface area contributed by atoms with Gasteiger partial charge in [0.05, 0.1) is 6.61 Å². The predicted octanol–water partition coefficient (Wildman–Crippen LogP) is 2.63. The van der Waals surface area contributed by atoms with Gasteiger partial charge in [-0.2, -0.15) is 0 Å². The van der Waals surface area contributed by atoms with Crippen LogP contribution in [0.25, 0.3) is 0 Å². The van der Waals surface area contributed by atoms with Crippen molar-refractivity contribution in [2.75, 3.05) is 26.8 Å². The number of nitrogens with two attached hydrogens (primary N) is 1. The normalized spacial score (nSPS) is 22.7. The van der Waals surface area contributed by atoms with Gasteiger partial charge in [-0.1, -0.05) is 28.1 Å². The Balaban J connectivity index is 2.07. The van der Waals surface area contributed by atoms with Gasteiger partial charge < -0.3 is 10.5 Å². The molecular formula is C15H23BrN2O. The molecule has 1 fully saturated rings. The lowest BCUT2D eigenvalue weighted by molar-refractivity contribution is 0.0609. The quantitative estimate of drug-likeness (QED) is 0.904. The van der Waals surface area contributed by atoms with Gasteiger partial charge in [-0.3, -0.25) is 4.90 Å². The van der Waals surface area contributed by atoms with Gasteiger partial charge in [0, 0.05) is 35.6 Å². The molecular weight excluding hydrogens is 304 g/mol. The van der Waals surface area contributed by atoms with Crippen molar-refractivity contribution in [3.05, 3.63) is 34.3 Å². The Labute approximate surface area is 124 Å². The molecule has 1 aromatic rings. The summed E-state index contributed by atoms with van der Waals surface area (Å²) in [5.41, 5.74) is 7.37. The highest BCUT2D eigenvalue weighted by Crippen LogP contribution is 2.30. The Kier molecular flexibility index (Phi) is 5.01. The van der Waals surface area contributed by atoms with Crippen LogP contribution in [0.15, 0.2) is 28.7 Å². The summed E-state index contributed by atoms with van der Waals surface area (Å²) >= 11 is 3.47. The number of halogens is 1. The maximum Gasteiger partial charge on any atom is 0.0513 e. The molecule has 0 bridgehead atoms. The fraction of sp³-hybridized carbons (Fsp3) is 0.600. The van der Waals surface area contributed by atoms with Crippen LogP contribution in [0.3, 0.4) is 0 Å². The molecule has 1 aliphatic heterocycles. The minimum absolute atomic E-state index is 0.00355. The summed E-state index contributed by atoms with van der Waals surface area (Å²) in [6, 6.07) is 8.48. The molecule has 0 saturated carbocycles. The zero-order valence-corrected chi connectivity index (χ0v) is 13.3. The molecule has 1 heterocycles. The molecule has 0 amide bonds. The molecule has 0 radical (unpaired) electrons. The van der Waals surface area contributed by atoms with Crippen LogP contribution >= 0.6 is 15.9 Å². The van der Waals surface area contributed by atoms with Crippen LogP contribution in [0.5, 0.6) is 0 Å². The molecule has 2 unspecified atom stereocenters. The molecule has 19 heavy (non-hydrogen) atoms. The molecule has 106 valence electrons. The fourth-order valence-corrected chi connectivity index (χ4v) is 2.97. The molecule has 2 rings (SSSR count). The van der Waals surface area contributed by atoms with Crippen molar-refractivity contribution in [2.24, 2.45) is 11.7 Å². The number of rotatable bonds is 5. The van der Waals surface area contributed by atoms with E-state index in [2.05, 4.69) is 59.1 Å². The van der Waals surface area contributed by atoms with E-state index in [9.17, 15) is 0 Å². The Morgan fingerprint density at radius 3 is 2.63 bits per heavy atom. The van der Waals surface area contributed by atoms with Crippen molar-refractivity contribution in [3.63, 3.8) is 0 Å². The van der Waals surface area contributed by atoms with Crippen LogP contribution in [0.4, 0.5) is 0 Å². The molecule has 3 nitrogen and oxygen atoms in total. The summed E-state index contributed by atoms with van der Waals surface area (Å²) < 4.78 is 6.65. The van der Waals surface area contributed by atoms with E-state index in [0.717, 1.165) is 30.7 Å².